The van der Waals surface area contributed by atoms with Crippen molar-refractivity contribution in [1.82, 2.24) is 0 Å². The summed E-state index contributed by atoms with van der Waals surface area (Å²) in [6, 6.07) is 18.7. The Morgan fingerprint density at radius 1 is 0.897 bits per heavy atom. The van der Waals surface area contributed by atoms with Crippen LogP contribution in [-0.2, 0) is 0 Å². The third-order valence-corrected chi connectivity index (χ3v) is 5.24. The highest BCUT2D eigenvalue weighted by atomic mass is 19.1. The molecular weight excluding hydrogens is 367 g/mol. The molecule has 29 heavy (non-hydrogen) atoms. The van der Waals surface area contributed by atoms with Crippen LogP contribution in [0.4, 0.5) is 15.8 Å². The van der Waals surface area contributed by atoms with Gasteiger partial charge in [0.05, 0.1) is 5.56 Å². The molecular formula is C24H23FN2O2. The fraction of sp³-hybridized carbons (Fsp3) is 0.208. The van der Waals surface area contributed by atoms with E-state index < -0.39 is 0 Å². The zero-order chi connectivity index (χ0) is 20.2. The van der Waals surface area contributed by atoms with Crippen molar-refractivity contribution in [3.63, 3.8) is 0 Å². The summed E-state index contributed by atoms with van der Waals surface area (Å²) < 4.78 is 13.2. The van der Waals surface area contributed by atoms with E-state index in [9.17, 15) is 14.3 Å². The number of nitrogens with zero attached hydrogens (tertiary/aromatic N) is 1. The summed E-state index contributed by atoms with van der Waals surface area (Å²) in [5.41, 5.74) is 3.54. The number of hydrogen-bond donors (Lipinski definition) is 2. The Morgan fingerprint density at radius 2 is 1.66 bits per heavy atom. The summed E-state index contributed by atoms with van der Waals surface area (Å²) in [4.78, 5) is 15.1. The molecule has 1 saturated heterocycles. The molecule has 148 valence electrons. The van der Waals surface area contributed by atoms with Crippen LogP contribution in [0.15, 0.2) is 66.7 Å². The summed E-state index contributed by atoms with van der Waals surface area (Å²) >= 11 is 0. The average molecular weight is 390 g/mol. The van der Waals surface area contributed by atoms with Crippen LogP contribution in [0.25, 0.3) is 11.1 Å². The van der Waals surface area contributed by atoms with E-state index in [1.165, 1.54) is 18.6 Å². The van der Waals surface area contributed by atoms with Gasteiger partial charge in [0.2, 0.25) is 0 Å². The maximum absolute atomic E-state index is 13.2. The highest BCUT2D eigenvalue weighted by Crippen LogP contribution is 2.28. The van der Waals surface area contributed by atoms with E-state index in [0.717, 1.165) is 42.7 Å². The number of rotatable bonds is 4. The van der Waals surface area contributed by atoms with Crippen molar-refractivity contribution in [1.29, 1.82) is 0 Å². The molecule has 0 bridgehead atoms. The van der Waals surface area contributed by atoms with Gasteiger partial charge in [0, 0.05) is 24.5 Å². The second-order valence-corrected chi connectivity index (χ2v) is 7.29. The zero-order valence-corrected chi connectivity index (χ0v) is 16.1. The first-order valence-electron chi connectivity index (χ1n) is 9.85. The molecule has 0 spiro atoms. The lowest BCUT2D eigenvalue weighted by atomic mass is 10.0. The van der Waals surface area contributed by atoms with Gasteiger partial charge in [-0.2, -0.15) is 0 Å². The number of carbonyl (C=O) groups excluding carboxylic acids is 1. The van der Waals surface area contributed by atoms with Crippen molar-refractivity contribution in [2.45, 2.75) is 19.3 Å². The lowest BCUT2D eigenvalue weighted by Crippen LogP contribution is -2.29. The van der Waals surface area contributed by atoms with Crippen LogP contribution in [0.2, 0.25) is 0 Å². The number of carbonyl (C=O) groups is 1. The molecule has 0 atom stereocenters. The molecule has 1 heterocycles. The molecule has 0 aromatic heterocycles. The van der Waals surface area contributed by atoms with Crippen molar-refractivity contribution < 1.29 is 14.3 Å². The SMILES string of the molecule is O=C(Nc1cccc(-c2ccc(F)cc2)c1)c1cc(N2CCCCC2)ccc1O. The average Bonchev–Trinajstić information content (AvgIpc) is 2.75. The van der Waals surface area contributed by atoms with Gasteiger partial charge >= 0.3 is 0 Å². The first kappa shape index (κ1) is 19.0. The Kier molecular flexibility index (Phi) is 5.47. The number of phenols is 1. The minimum atomic E-state index is -0.363. The Balaban J connectivity index is 1.55. The van der Waals surface area contributed by atoms with E-state index in [0.29, 0.717) is 5.69 Å². The standard InChI is InChI=1S/C24H23FN2O2/c25-19-9-7-17(8-10-19)18-5-4-6-20(15-18)26-24(29)22-16-21(11-12-23(22)28)27-13-2-1-3-14-27/h4-12,15-16,28H,1-3,13-14H2,(H,26,29). The van der Waals surface area contributed by atoms with Crippen LogP contribution in [-0.4, -0.2) is 24.1 Å². The molecule has 1 amide bonds. The first-order valence-corrected chi connectivity index (χ1v) is 9.85. The maximum atomic E-state index is 13.2. The molecule has 0 aliphatic carbocycles. The van der Waals surface area contributed by atoms with Crippen molar-refractivity contribution in [2.24, 2.45) is 0 Å². The van der Waals surface area contributed by atoms with E-state index in [-0.39, 0.29) is 23.0 Å². The molecule has 0 radical (unpaired) electrons. The highest BCUT2D eigenvalue weighted by molar-refractivity contribution is 6.07. The normalized spacial score (nSPS) is 13.9. The highest BCUT2D eigenvalue weighted by Gasteiger charge is 2.17. The van der Waals surface area contributed by atoms with Crippen molar-refractivity contribution >= 4 is 17.3 Å². The predicted molar refractivity (Wildman–Crippen MR) is 114 cm³/mol. The van der Waals surface area contributed by atoms with Crippen molar-refractivity contribution in [3.8, 4) is 16.9 Å². The quantitative estimate of drug-likeness (QED) is 0.624. The number of phenolic OH excluding ortho intramolecular Hbond substituents is 1. The van der Waals surface area contributed by atoms with Crippen LogP contribution in [0, 0.1) is 5.82 Å². The Bertz CT molecular complexity index is 1010. The number of aromatic hydroxyl groups is 1. The van der Waals surface area contributed by atoms with E-state index >= 15 is 0 Å². The molecule has 1 aliphatic heterocycles. The summed E-state index contributed by atoms with van der Waals surface area (Å²) in [6.07, 6.45) is 3.50. The second kappa shape index (κ2) is 8.35. The third kappa shape index (κ3) is 4.40. The van der Waals surface area contributed by atoms with E-state index in [1.54, 1.807) is 30.3 Å². The molecule has 2 N–H and O–H groups in total. The number of hydrogen-bond acceptors (Lipinski definition) is 3. The number of amides is 1. The van der Waals surface area contributed by atoms with Gasteiger partial charge in [-0.15, -0.1) is 0 Å². The van der Waals surface area contributed by atoms with Gasteiger partial charge in [-0.05, 0) is 72.9 Å². The van der Waals surface area contributed by atoms with Gasteiger partial charge in [0.15, 0.2) is 0 Å². The molecule has 0 saturated carbocycles. The minimum Gasteiger partial charge on any atom is -0.507 e. The fourth-order valence-electron chi connectivity index (χ4n) is 3.67. The number of nitrogens with one attached hydrogen (secondary N) is 1. The van der Waals surface area contributed by atoms with Crippen molar-refractivity contribution in [3.05, 3.63) is 78.1 Å². The van der Waals surface area contributed by atoms with Crippen molar-refractivity contribution in [2.75, 3.05) is 23.3 Å². The Hall–Kier alpha value is -3.34. The Labute approximate surface area is 169 Å². The predicted octanol–water partition coefficient (Wildman–Crippen LogP) is 5.44. The van der Waals surface area contributed by atoms with E-state index in [2.05, 4.69) is 10.2 Å². The molecule has 4 nitrogen and oxygen atoms in total. The van der Waals surface area contributed by atoms with Crippen LogP contribution in [0.1, 0.15) is 29.6 Å². The lowest BCUT2D eigenvalue weighted by molar-refractivity contribution is 0.102. The smallest absolute Gasteiger partial charge is 0.259 e. The van der Waals surface area contributed by atoms with E-state index in [4.69, 9.17) is 0 Å². The largest absolute Gasteiger partial charge is 0.507 e. The van der Waals surface area contributed by atoms with Gasteiger partial charge in [0.1, 0.15) is 11.6 Å². The van der Waals surface area contributed by atoms with E-state index in [1.807, 2.05) is 24.3 Å². The number of piperidine rings is 1. The van der Waals surface area contributed by atoms with Gasteiger partial charge in [0.25, 0.3) is 5.91 Å². The lowest BCUT2D eigenvalue weighted by Gasteiger charge is -2.29. The number of anilines is 2. The number of benzene rings is 3. The van der Waals surface area contributed by atoms with Gasteiger partial charge in [-0.3, -0.25) is 4.79 Å². The number of halogens is 1. The first-order chi connectivity index (χ1) is 14.1. The Morgan fingerprint density at radius 3 is 2.41 bits per heavy atom. The van der Waals surface area contributed by atoms with Crippen LogP contribution < -0.4 is 10.2 Å². The maximum Gasteiger partial charge on any atom is 0.259 e. The second-order valence-electron chi connectivity index (χ2n) is 7.29. The monoisotopic (exact) mass is 390 g/mol. The molecule has 1 fully saturated rings. The van der Waals surface area contributed by atoms with Gasteiger partial charge < -0.3 is 15.3 Å². The summed E-state index contributed by atoms with van der Waals surface area (Å²) in [5.74, 6) is -0.696. The molecule has 4 rings (SSSR count). The summed E-state index contributed by atoms with van der Waals surface area (Å²) in [5, 5.41) is 13.1. The van der Waals surface area contributed by atoms with Gasteiger partial charge in [-0.1, -0.05) is 24.3 Å². The summed E-state index contributed by atoms with van der Waals surface area (Å²) in [6.45, 7) is 1.93. The zero-order valence-electron chi connectivity index (χ0n) is 16.1. The van der Waals surface area contributed by atoms with Crippen LogP contribution >= 0.6 is 0 Å². The summed E-state index contributed by atoms with van der Waals surface area (Å²) in [7, 11) is 0. The van der Waals surface area contributed by atoms with Gasteiger partial charge in [-0.25, -0.2) is 4.39 Å². The molecule has 1 aliphatic rings. The molecule has 3 aromatic carbocycles. The molecule has 5 heteroatoms. The molecule has 3 aromatic rings. The van der Waals surface area contributed by atoms with Crippen LogP contribution in [0.5, 0.6) is 5.75 Å². The topological polar surface area (TPSA) is 52.6 Å². The fourth-order valence-corrected chi connectivity index (χ4v) is 3.67. The molecule has 0 unspecified atom stereocenters. The third-order valence-electron chi connectivity index (χ3n) is 5.24. The minimum absolute atomic E-state index is 0.0436. The van der Waals surface area contributed by atoms with Crippen LogP contribution in [0.3, 0.4) is 0 Å².